The molecule has 1 N–H and O–H groups in total. The highest BCUT2D eigenvalue weighted by Gasteiger charge is 2.28. The maximum absolute atomic E-state index is 11.9. The zero-order valence-electron chi connectivity index (χ0n) is 11.6. The van der Waals surface area contributed by atoms with E-state index >= 15 is 0 Å². The standard InChI is InChI=1S/C13H15NO6S/c1-8-6-14(9(2)15)11-5-10(3-4-12(11)20-8)21(18,19)7-13(16)17/h3-5,8H,6-7H2,1-2H3,(H,16,17). The summed E-state index contributed by atoms with van der Waals surface area (Å²) < 4.78 is 29.4. The number of rotatable bonds is 3. The van der Waals surface area contributed by atoms with E-state index in [4.69, 9.17) is 9.84 Å². The summed E-state index contributed by atoms with van der Waals surface area (Å²) in [6.07, 6.45) is -0.206. The van der Waals surface area contributed by atoms with Crippen molar-refractivity contribution in [3.63, 3.8) is 0 Å². The largest absolute Gasteiger partial charge is 0.487 e. The highest BCUT2D eigenvalue weighted by Crippen LogP contribution is 2.35. The molecule has 114 valence electrons. The average Bonchev–Trinajstić information content (AvgIpc) is 2.35. The fraction of sp³-hybridized carbons (Fsp3) is 0.385. The summed E-state index contributed by atoms with van der Waals surface area (Å²) in [5, 5.41) is 8.66. The van der Waals surface area contributed by atoms with Crippen LogP contribution in [-0.4, -0.2) is 43.8 Å². The van der Waals surface area contributed by atoms with Gasteiger partial charge in [-0.1, -0.05) is 0 Å². The molecule has 0 bridgehead atoms. The molecular weight excluding hydrogens is 298 g/mol. The number of nitrogens with zero attached hydrogens (tertiary/aromatic N) is 1. The smallest absolute Gasteiger partial charge is 0.319 e. The molecule has 0 saturated carbocycles. The number of amides is 1. The molecule has 1 amide bonds. The summed E-state index contributed by atoms with van der Waals surface area (Å²) in [4.78, 5) is 23.6. The fourth-order valence-corrected chi connectivity index (χ4v) is 3.21. The summed E-state index contributed by atoms with van der Waals surface area (Å²) in [5.74, 6) is -2.26. The number of carboxylic acids is 1. The topological polar surface area (TPSA) is 101 Å². The van der Waals surface area contributed by atoms with E-state index in [1.807, 2.05) is 0 Å². The Balaban J connectivity index is 2.49. The van der Waals surface area contributed by atoms with E-state index in [9.17, 15) is 18.0 Å². The summed E-state index contributed by atoms with van der Waals surface area (Å²) in [6.45, 7) is 3.49. The zero-order valence-corrected chi connectivity index (χ0v) is 12.4. The third kappa shape index (κ3) is 3.15. The molecule has 0 saturated heterocycles. The van der Waals surface area contributed by atoms with Gasteiger partial charge in [-0.25, -0.2) is 8.42 Å². The molecular formula is C13H15NO6S. The zero-order chi connectivity index (χ0) is 15.8. The normalized spacial score (nSPS) is 17.8. The number of carboxylic acid groups (broad SMARTS) is 1. The fourth-order valence-electron chi connectivity index (χ4n) is 2.15. The SMILES string of the molecule is CC(=O)N1CC(C)Oc2ccc(S(=O)(=O)CC(=O)O)cc21. The Morgan fingerprint density at radius 1 is 1.43 bits per heavy atom. The number of sulfone groups is 1. The van der Waals surface area contributed by atoms with E-state index in [1.165, 1.54) is 30.0 Å². The van der Waals surface area contributed by atoms with Gasteiger partial charge in [0.15, 0.2) is 15.6 Å². The van der Waals surface area contributed by atoms with Crippen LogP contribution < -0.4 is 9.64 Å². The molecule has 0 aliphatic carbocycles. The minimum Gasteiger partial charge on any atom is -0.487 e. The van der Waals surface area contributed by atoms with E-state index < -0.39 is 21.6 Å². The summed E-state index contributed by atoms with van der Waals surface area (Å²) in [6, 6.07) is 4.00. The number of hydrogen-bond acceptors (Lipinski definition) is 5. The Morgan fingerprint density at radius 3 is 2.67 bits per heavy atom. The Morgan fingerprint density at radius 2 is 2.10 bits per heavy atom. The lowest BCUT2D eigenvalue weighted by Gasteiger charge is -2.33. The minimum absolute atomic E-state index is 0.145. The number of ether oxygens (including phenoxy) is 1. The second-order valence-corrected chi connectivity index (χ2v) is 6.83. The van der Waals surface area contributed by atoms with Crippen molar-refractivity contribution >= 4 is 27.4 Å². The van der Waals surface area contributed by atoms with Gasteiger partial charge in [0.05, 0.1) is 17.1 Å². The lowest BCUT2D eigenvalue weighted by atomic mass is 10.2. The van der Waals surface area contributed by atoms with Crippen molar-refractivity contribution in [2.24, 2.45) is 0 Å². The molecule has 0 aromatic heterocycles. The van der Waals surface area contributed by atoms with Crippen LogP contribution in [0.4, 0.5) is 5.69 Å². The van der Waals surface area contributed by atoms with Crippen LogP contribution in [0.25, 0.3) is 0 Å². The molecule has 2 rings (SSSR count). The summed E-state index contributed by atoms with van der Waals surface area (Å²) in [5.41, 5.74) is 0.340. The van der Waals surface area contributed by atoms with E-state index in [0.717, 1.165) is 0 Å². The van der Waals surface area contributed by atoms with Gasteiger partial charge in [0.1, 0.15) is 11.9 Å². The van der Waals surface area contributed by atoms with Gasteiger partial charge in [0.25, 0.3) is 0 Å². The predicted molar refractivity (Wildman–Crippen MR) is 74.2 cm³/mol. The first-order valence-corrected chi connectivity index (χ1v) is 7.89. The van der Waals surface area contributed by atoms with E-state index in [2.05, 4.69) is 0 Å². The van der Waals surface area contributed by atoms with Crippen molar-refractivity contribution < 1.29 is 27.9 Å². The molecule has 1 aliphatic heterocycles. The van der Waals surface area contributed by atoms with Gasteiger partial charge in [0.2, 0.25) is 5.91 Å². The van der Waals surface area contributed by atoms with Crippen molar-refractivity contribution in [2.75, 3.05) is 17.2 Å². The van der Waals surface area contributed by atoms with Gasteiger partial charge in [-0.15, -0.1) is 0 Å². The molecule has 21 heavy (non-hydrogen) atoms. The highest BCUT2D eigenvalue weighted by molar-refractivity contribution is 7.92. The highest BCUT2D eigenvalue weighted by atomic mass is 32.2. The van der Waals surface area contributed by atoms with E-state index in [-0.39, 0.29) is 16.9 Å². The molecule has 1 heterocycles. The van der Waals surface area contributed by atoms with Crippen LogP contribution in [0.5, 0.6) is 5.75 Å². The van der Waals surface area contributed by atoms with Crippen molar-refractivity contribution in [1.82, 2.24) is 0 Å². The van der Waals surface area contributed by atoms with Crippen molar-refractivity contribution in [3.05, 3.63) is 18.2 Å². The number of carbonyl (C=O) groups is 2. The van der Waals surface area contributed by atoms with Crippen LogP contribution in [0.15, 0.2) is 23.1 Å². The summed E-state index contributed by atoms with van der Waals surface area (Å²) in [7, 11) is -3.95. The van der Waals surface area contributed by atoms with Crippen LogP contribution in [-0.2, 0) is 19.4 Å². The molecule has 7 nitrogen and oxygen atoms in total. The average molecular weight is 313 g/mol. The first-order valence-electron chi connectivity index (χ1n) is 6.24. The van der Waals surface area contributed by atoms with E-state index in [0.29, 0.717) is 18.0 Å². The lowest BCUT2D eigenvalue weighted by molar-refractivity contribution is -0.134. The molecule has 0 spiro atoms. The number of hydrogen-bond donors (Lipinski definition) is 1. The van der Waals surface area contributed by atoms with Crippen molar-refractivity contribution in [3.8, 4) is 5.75 Å². The molecule has 0 fully saturated rings. The van der Waals surface area contributed by atoms with Gasteiger partial charge in [-0.3, -0.25) is 9.59 Å². The van der Waals surface area contributed by atoms with E-state index in [1.54, 1.807) is 6.92 Å². The van der Waals surface area contributed by atoms with Gasteiger partial charge in [-0.05, 0) is 25.1 Å². The number of benzene rings is 1. The number of anilines is 1. The van der Waals surface area contributed by atoms with Gasteiger partial charge in [-0.2, -0.15) is 0 Å². The quantitative estimate of drug-likeness (QED) is 0.880. The van der Waals surface area contributed by atoms with Gasteiger partial charge < -0.3 is 14.7 Å². The Labute approximate surface area is 122 Å². The molecule has 1 atom stereocenters. The van der Waals surface area contributed by atoms with Crippen LogP contribution >= 0.6 is 0 Å². The molecule has 1 aromatic rings. The van der Waals surface area contributed by atoms with Crippen LogP contribution in [0, 0.1) is 0 Å². The number of carbonyl (C=O) groups excluding carboxylic acids is 1. The maximum atomic E-state index is 11.9. The number of fused-ring (bicyclic) bond motifs is 1. The van der Waals surface area contributed by atoms with Crippen LogP contribution in [0.3, 0.4) is 0 Å². The van der Waals surface area contributed by atoms with Gasteiger partial charge in [0, 0.05) is 6.92 Å². The lowest BCUT2D eigenvalue weighted by Crippen LogP contribution is -2.41. The summed E-state index contributed by atoms with van der Waals surface area (Å²) >= 11 is 0. The molecule has 1 unspecified atom stereocenters. The molecule has 0 radical (unpaired) electrons. The van der Waals surface area contributed by atoms with Crippen LogP contribution in [0.2, 0.25) is 0 Å². The maximum Gasteiger partial charge on any atom is 0.319 e. The third-order valence-electron chi connectivity index (χ3n) is 3.04. The Bertz CT molecular complexity index is 697. The molecule has 1 aliphatic rings. The number of aliphatic carboxylic acids is 1. The third-order valence-corrected chi connectivity index (χ3v) is 4.64. The van der Waals surface area contributed by atoms with Crippen molar-refractivity contribution in [1.29, 1.82) is 0 Å². The first kappa shape index (κ1) is 15.3. The molecule has 1 aromatic carbocycles. The second-order valence-electron chi connectivity index (χ2n) is 4.84. The van der Waals surface area contributed by atoms with Crippen molar-refractivity contribution in [2.45, 2.75) is 24.8 Å². The minimum atomic E-state index is -3.95. The second kappa shape index (κ2) is 5.36. The predicted octanol–water partition coefficient (Wildman–Crippen LogP) is 0.679. The van der Waals surface area contributed by atoms with Crippen LogP contribution in [0.1, 0.15) is 13.8 Å². The first-order chi connectivity index (χ1) is 9.70. The molecule has 8 heteroatoms. The van der Waals surface area contributed by atoms with Gasteiger partial charge >= 0.3 is 5.97 Å². The Hall–Kier alpha value is -2.09. The monoisotopic (exact) mass is 313 g/mol. The Kier molecular flexibility index (Phi) is 3.91.